The zero-order chi connectivity index (χ0) is 14.4. The van der Waals surface area contributed by atoms with Gasteiger partial charge in [0.1, 0.15) is 0 Å². The summed E-state index contributed by atoms with van der Waals surface area (Å²) >= 11 is 1.70. The Balaban J connectivity index is 1.67. The van der Waals surface area contributed by atoms with E-state index in [0.717, 1.165) is 25.8 Å². The Bertz CT molecular complexity index is 447. The second-order valence-corrected chi connectivity index (χ2v) is 6.19. The second-order valence-electron chi connectivity index (χ2n) is 5.16. The van der Waals surface area contributed by atoms with Crippen LogP contribution >= 0.6 is 11.3 Å². The molecule has 1 aliphatic rings. The second kappa shape index (κ2) is 7.40. The number of primary amides is 1. The third-order valence-electron chi connectivity index (χ3n) is 3.55. The van der Waals surface area contributed by atoms with Gasteiger partial charge in [-0.05, 0) is 37.3 Å². The molecule has 2 rings (SSSR count). The molecule has 0 radical (unpaired) electrons. The number of hydrogen-bond acceptors (Lipinski definition) is 4. The first-order valence-electron chi connectivity index (χ1n) is 6.96. The van der Waals surface area contributed by atoms with Crippen LogP contribution in [0.4, 0.5) is 0 Å². The number of amides is 2. The highest BCUT2D eigenvalue weighted by molar-refractivity contribution is 7.09. The quantitative estimate of drug-likeness (QED) is 0.807. The summed E-state index contributed by atoms with van der Waals surface area (Å²) in [6.07, 6.45) is 2.63. The van der Waals surface area contributed by atoms with E-state index in [2.05, 4.69) is 11.4 Å². The number of nitrogens with zero attached hydrogens (tertiary/aromatic N) is 1. The van der Waals surface area contributed by atoms with Crippen molar-refractivity contribution in [3.05, 3.63) is 22.4 Å². The van der Waals surface area contributed by atoms with Crippen molar-refractivity contribution in [1.82, 2.24) is 10.2 Å². The lowest BCUT2D eigenvalue weighted by atomic mass is 9.97. The molecular formula is C14H21N3O2S. The molecule has 2 amide bonds. The highest BCUT2D eigenvalue weighted by atomic mass is 32.1. The van der Waals surface area contributed by atoms with Crippen LogP contribution in [0.2, 0.25) is 0 Å². The van der Waals surface area contributed by atoms with E-state index in [0.29, 0.717) is 19.6 Å². The lowest BCUT2D eigenvalue weighted by molar-refractivity contribution is -0.126. The molecule has 0 bridgehead atoms. The Morgan fingerprint density at radius 3 is 3.05 bits per heavy atom. The van der Waals surface area contributed by atoms with Crippen LogP contribution in [0.25, 0.3) is 0 Å². The highest BCUT2D eigenvalue weighted by Crippen LogP contribution is 2.15. The van der Waals surface area contributed by atoms with Gasteiger partial charge >= 0.3 is 0 Å². The predicted molar refractivity (Wildman–Crippen MR) is 79.4 cm³/mol. The molecule has 1 atom stereocenters. The average Bonchev–Trinajstić information content (AvgIpc) is 2.92. The molecule has 1 fully saturated rings. The van der Waals surface area contributed by atoms with Crippen molar-refractivity contribution in [2.75, 3.05) is 26.2 Å². The van der Waals surface area contributed by atoms with Gasteiger partial charge in [0.2, 0.25) is 11.8 Å². The van der Waals surface area contributed by atoms with E-state index >= 15 is 0 Å². The molecule has 6 heteroatoms. The van der Waals surface area contributed by atoms with Crippen molar-refractivity contribution < 1.29 is 9.59 Å². The zero-order valence-corrected chi connectivity index (χ0v) is 12.3. The molecule has 1 aliphatic heterocycles. The van der Waals surface area contributed by atoms with Gasteiger partial charge in [-0.3, -0.25) is 14.5 Å². The van der Waals surface area contributed by atoms with Gasteiger partial charge < -0.3 is 11.1 Å². The van der Waals surface area contributed by atoms with E-state index in [4.69, 9.17) is 5.73 Å². The Morgan fingerprint density at radius 1 is 1.50 bits per heavy atom. The maximum Gasteiger partial charge on any atom is 0.234 e. The minimum Gasteiger partial charge on any atom is -0.369 e. The molecule has 1 aromatic heterocycles. The minimum absolute atomic E-state index is 0.0201. The van der Waals surface area contributed by atoms with Crippen molar-refractivity contribution >= 4 is 23.2 Å². The SMILES string of the molecule is NC(=O)C1CCCN(CC(=O)NCCc2cccs2)C1. The Labute approximate surface area is 123 Å². The molecule has 0 saturated carbocycles. The molecule has 0 aromatic carbocycles. The van der Waals surface area contributed by atoms with Gasteiger partial charge in [-0.25, -0.2) is 0 Å². The normalized spacial score (nSPS) is 19.7. The van der Waals surface area contributed by atoms with Crippen LogP contribution < -0.4 is 11.1 Å². The lowest BCUT2D eigenvalue weighted by Gasteiger charge is -2.30. The largest absolute Gasteiger partial charge is 0.369 e. The van der Waals surface area contributed by atoms with Crippen LogP contribution in [0.5, 0.6) is 0 Å². The number of carbonyl (C=O) groups excluding carboxylic acids is 2. The van der Waals surface area contributed by atoms with E-state index < -0.39 is 0 Å². The summed E-state index contributed by atoms with van der Waals surface area (Å²) in [5, 5.41) is 4.96. The van der Waals surface area contributed by atoms with E-state index in [1.54, 1.807) is 11.3 Å². The molecule has 3 N–H and O–H groups in total. The smallest absolute Gasteiger partial charge is 0.234 e. The standard InChI is InChI=1S/C14H21N3O2S/c15-14(19)11-3-1-7-17(9-11)10-13(18)16-6-5-12-4-2-8-20-12/h2,4,8,11H,1,3,5-7,9-10H2,(H2,15,19)(H,16,18). The van der Waals surface area contributed by atoms with Gasteiger partial charge in [0.15, 0.2) is 0 Å². The number of hydrogen-bond donors (Lipinski definition) is 2. The van der Waals surface area contributed by atoms with Crippen LogP contribution in [0.15, 0.2) is 17.5 Å². The van der Waals surface area contributed by atoms with Gasteiger partial charge in [0.25, 0.3) is 0 Å². The molecular weight excluding hydrogens is 274 g/mol. The first-order valence-corrected chi connectivity index (χ1v) is 7.84. The molecule has 1 saturated heterocycles. The van der Waals surface area contributed by atoms with Crippen LogP contribution in [0.3, 0.4) is 0 Å². The fourth-order valence-corrected chi connectivity index (χ4v) is 3.18. The van der Waals surface area contributed by atoms with Crippen LogP contribution in [-0.2, 0) is 16.0 Å². The lowest BCUT2D eigenvalue weighted by Crippen LogP contribution is -2.45. The van der Waals surface area contributed by atoms with E-state index in [1.807, 2.05) is 16.3 Å². The molecule has 20 heavy (non-hydrogen) atoms. The maximum atomic E-state index is 11.9. The van der Waals surface area contributed by atoms with Crippen LogP contribution in [0.1, 0.15) is 17.7 Å². The Hall–Kier alpha value is -1.40. The van der Waals surface area contributed by atoms with Gasteiger partial charge in [-0.15, -0.1) is 11.3 Å². The van der Waals surface area contributed by atoms with Crippen LogP contribution in [0, 0.1) is 5.92 Å². The summed E-state index contributed by atoms with van der Waals surface area (Å²) in [7, 11) is 0. The van der Waals surface area contributed by atoms with Gasteiger partial charge in [0, 0.05) is 18.0 Å². The fraction of sp³-hybridized carbons (Fsp3) is 0.571. The number of piperidine rings is 1. The Kier molecular flexibility index (Phi) is 5.55. The van der Waals surface area contributed by atoms with Crippen molar-refractivity contribution in [2.45, 2.75) is 19.3 Å². The van der Waals surface area contributed by atoms with Crippen molar-refractivity contribution in [3.8, 4) is 0 Å². The maximum absolute atomic E-state index is 11.9. The fourth-order valence-electron chi connectivity index (χ4n) is 2.47. The van der Waals surface area contributed by atoms with Crippen molar-refractivity contribution in [2.24, 2.45) is 11.7 Å². The Morgan fingerprint density at radius 2 is 2.35 bits per heavy atom. The van der Waals surface area contributed by atoms with Gasteiger partial charge in [-0.1, -0.05) is 6.07 Å². The molecule has 0 spiro atoms. The summed E-state index contributed by atoms with van der Waals surface area (Å²) in [5.41, 5.74) is 5.33. The van der Waals surface area contributed by atoms with Crippen molar-refractivity contribution in [1.29, 1.82) is 0 Å². The summed E-state index contributed by atoms with van der Waals surface area (Å²) in [5.74, 6) is -0.345. The number of nitrogens with one attached hydrogen (secondary N) is 1. The summed E-state index contributed by atoms with van der Waals surface area (Å²) in [4.78, 5) is 26.3. The predicted octanol–water partition coefficient (Wildman–Crippen LogP) is 0.604. The number of thiophene rings is 1. The van der Waals surface area contributed by atoms with Crippen molar-refractivity contribution in [3.63, 3.8) is 0 Å². The highest BCUT2D eigenvalue weighted by Gasteiger charge is 2.24. The molecule has 1 unspecified atom stereocenters. The molecule has 2 heterocycles. The number of likely N-dealkylation sites (tertiary alicyclic amines) is 1. The molecule has 5 nitrogen and oxygen atoms in total. The zero-order valence-electron chi connectivity index (χ0n) is 11.5. The molecule has 0 aliphatic carbocycles. The minimum atomic E-state index is -0.257. The number of rotatable bonds is 6. The number of nitrogens with two attached hydrogens (primary N) is 1. The van der Waals surface area contributed by atoms with Crippen LogP contribution in [-0.4, -0.2) is 42.9 Å². The van der Waals surface area contributed by atoms with E-state index in [-0.39, 0.29) is 17.7 Å². The first-order chi connectivity index (χ1) is 9.65. The van der Waals surface area contributed by atoms with Gasteiger partial charge in [0.05, 0.1) is 12.5 Å². The molecule has 1 aromatic rings. The average molecular weight is 295 g/mol. The third kappa shape index (κ3) is 4.61. The monoisotopic (exact) mass is 295 g/mol. The summed E-state index contributed by atoms with van der Waals surface area (Å²) < 4.78 is 0. The topological polar surface area (TPSA) is 75.4 Å². The summed E-state index contributed by atoms with van der Waals surface area (Å²) in [6, 6.07) is 4.08. The first kappa shape index (κ1) is 15.0. The third-order valence-corrected chi connectivity index (χ3v) is 4.48. The van der Waals surface area contributed by atoms with E-state index in [9.17, 15) is 9.59 Å². The van der Waals surface area contributed by atoms with E-state index in [1.165, 1.54) is 4.88 Å². The summed E-state index contributed by atoms with van der Waals surface area (Å²) in [6.45, 7) is 2.48. The van der Waals surface area contributed by atoms with Gasteiger partial charge in [-0.2, -0.15) is 0 Å². The molecule has 110 valence electrons. The number of carbonyl (C=O) groups is 2.